The number of esters is 3. The van der Waals surface area contributed by atoms with Crippen molar-refractivity contribution in [2.45, 2.75) is 112 Å². The lowest BCUT2D eigenvalue weighted by atomic mass is 9.74. The smallest absolute Gasteiger partial charge is 0.344 e. The van der Waals surface area contributed by atoms with Gasteiger partial charge in [-0.25, -0.2) is 4.79 Å². The molecule has 0 saturated heterocycles. The summed E-state index contributed by atoms with van der Waals surface area (Å²) in [5.74, 6) is -1.15. The molecular weight excluding hydrogens is 488 g/mol. The lowest BCUT2D eigenvalue weighted by Crippen LogP contribution is -2.44. The van der Waals surface area contributed by atoms with Crippen molar-refractivity contribution in [3.8, 4) is 5.75 Å². The van der Waals surface area contributed by atoms with Crippen LogP contribution in [0.1, 0.15) is 99.0 Å². The average molecular weight is 535 g/mol. The fourth-order valence-corrected chi connectivity index (χ4v) is 4.23. The van der Waals surface area contributed by atoms with Crippen molar-refractivity contribution in [1.29, 1.82) is 0 Å². The van der Waals surface area contributed by atoms with Crippen molar-refractivity contribution in [3.05, 3.63) is 29.8 Å². The number of unbranched alkanes of at least 4 members (excludes halogenated alkanes) is 2. The zero-order chi connectivity index (χ0) is 28.8. The Morgan fingerprint density at radius 1 is 0.895 bits per heavy atom. The van der Waals surface area contributed by atoms with Gasteiger partial charge in [0.15, 0.2) is 6.61 Å². The zero-order valence-electron chi connectivity index (χ0n) is 24.2. The number of carbonyl (C=O) groups excluding carboxylic acids is 4. The van der Waals surface area contributed by atoms with E-state index in [9.17, 15) is 19.2 Å². The first-order chi connectivity index (χ1) is 17.8. The highest BCUT2D eigenvalue weighted by Crippen LogP contribution is 2.35. The summed E-state index contributed by atoms with van der Waals surface area (Å²) in [6, 6.07) is 6.93. The summed E-state index contributed by atoms with van der Waals surface area (Å²) in [5.41, 5.74) is -1.39. The number of benzene rings is 1. The number of Topliss-reactive ketones (excluding diaryl/α,β-unsaturated/α-hetero) is 1. The molecule has 8 nitrogen and oxygen atoms in total. The molecule has 0 radical (unpaired) electrons. The van der Waals surface area contributed by atoms with Crippen LogP contribution in [-0.4, -0.2) is 48.6 Å². The van der Waals surface area contributed by atoms with E-state index in [1.54, 1.807) is 52.0 Å². The number of hydrogen-bond acceptors (Lipinski definition) is 8. The van der Waals surface area contributed by atoms with E-state index in [2.05, 4.69) is 6.92 Å². The summed E-state index contributed by atoms with van der Waals surface area (Å²) < 4.78 is 21.6. The molecular formula is C30H46O8. The Bertz CT molecular complexity index is 900. The molecule has 0 heterocycles. The first-order valence-corrected chi connectivity index (χ1v) is 13.6. The van der Waals surface area contributed by atoms with Gasteiger partial charge in [-0.2, -0.15) is 0 Å². The molecule has 1 rings (SSSR count). The van der Waals surface area contributed by atoms with Crippen LogP contribution in [0.25, 0.3) is 0 Å². The van der Waals surface area contributed by atoms with Gasteiger partial charge in [0.05, 0.1) is 6.61 Å². The second kappa shape index (κ2) is 16.1. The topological polar surface area (TPSA) is 105 Å². The van der Waals surface area contributed by atoms with E-state index in [1.807, 2.05) is 0 Å². The Hall–Kier alpha value is -2.90. The van der Waals surface area contributed by atoms with E-state index in [0.29, 0.717) is 18.6 Å². The summed E-state index contributed by atoms with van der Waals surface area (Å²) in [6.07, 6.45) is 5.05. The molecule has 0 saturated carbocycles. The fourth-order valence-electron chi connectivity index (χ4n) is 4.23. The Morgan fingerprint density at radius 2 is 1.53 bits per heavy atom. The van der Waals surface area contributed by atoms with Crippen LogP contribution in [0.3, 0.4) is 0 Å². The molecule has 0 fully saturated rings. The molecule has 38 heavy (non-hydrogen) atoms. The quantitative estimate of drug-likeness (QED) is 0.107. The molecule has 0 N–H and O–H groups in total. The molecule has 1 aromatic carbocycles. The Balaban J connectivity index is 3.10. The van der Waals surface area contributed by atoms with Crippen molar-refractivity contribution in [2.75, 3.05) is 13.2 Å². The van der Waals surface area contributed by atoms with Crippen molar-refractivity contribution >= 4 is 23.7 Å². The van der Waals surface area contributed by atoms with Crippen molar-refractivity contribution in [3.63, 3.8) is 0 Å². The monoisotopic (exact) mass is 534 g/mol. The number of ether oxygens (including phenoxy) is 4. The molecule has 8 heteroatoms. The molecule has 2 unspecified atom stereocenters. The second-order valence-corrected chi connectivity index (χ2v) is 10.7. The highest BCUT2D eigenvalue weighted by molar-refractivity contribution is 6.03. The van der Waals surface area contributed by atoms with Gasteiger partial charge in [-0.05, 0) is 90.8 Å². The minimum Gasteiger partial charge on any atom is -0.482 e. The van der Waals surface area contributed by atoms with Gasteiger partial charge >= 0.3 is 17.9 Å². The molecule has 1 aromatic rings. The van der Waals surface area contributed by atoms with Crippen LogP contribution >= 0.6 is 0 Å². The Kier molecular flexibility index (Phi) is 14.1. The maximum absolute atomic E-state index is 13.5. The van der Waals surface area contributed by atoms with Gasteiger partial charge in [-0.15, -0.1) is 0 Å². The van der Waals surface area contributed by atoms with Gasteiger partial charge in [0, 0.05) is 6.92 Å². The van der Waals surface area contributed by atoms with Crippen LogP contribution in [0.5, 0.6) is 5.75 Å². The normalized spacial score (nSPS) is 13.7. The number of hydrogen-bond donors (Lipinski definition) is 0. The van der Waals surface area contributed by atoms with E-state index >= 15 is 0 Å². The molecule has 0 aliphatic carbocycles. The van der Waals surface area contributed by atoms with Crippen LogP contribution in [-0.2, 0) is 39.8 Å². The predicted octanol–water partition coefficient (Wildman–Crippen LogP) is 5.77. The van der Waals surface area contributed by atoms with Gasteiger partial charge in [-0.3, -0.25) is 14.4 Å². The molecule has 0 aromatic heterocycles. The van der Waals surface area contributed by atoms with Gasteiger partial charge in [-0.1, -0.05) is 31.9 Å². The molecule has 2 atom stereocenters. The van der Waals surface area contributed by atoms with Crippen LogP contribution < -0.4 is 4.74 Å². The van der Waals surface area contributed by atoms with Gasteiger partial charge in [0.1, 0.15) is 28.7 Å². The van der Waals surface area contributed by atoms with E-state index in [-0.39, 0.29) is 43.9 Å². The van der Waals surface area contributed by atoms with Crippen LogP contribution in [0.15, 0.2) is 24.3 Å². The minimum absolute atomic E-state index is 0.156. The molecule has 0 aliphatic heterocycles. The van der Waals surface area contributed by atoms with Gasteiger partial charge in [0.2, 0.25) is 0 Å². The average Bonchev–Trinajstić information content (AvgIpc) is 2.81. The molecule has 0 bridgehead atoms. The Labute approximate surface area is 227 Å². The van der Waals surface area contributed by atoms with Crippen LogP contribution in [0, 0.1) is 5.41 Å². The third-order valence-corrected chi connectivity index (χ3v) is 6.15. The molecule has 0 spiro atoms. The third-order valence-electron chi connectivity index (χ3n) is 6.15. The number of rotatable bonds is 17. The van der Waals surface area contributed by atoms with Crippen molar-refractivity contribution < 1.29 is 38.1 Å². The SMILES string of the molecule is CCCCCC(CCCC(Cc1ccc(OCC(=O)OCC)cc1)(C(C)=O)C(=O)OC(C)(C)C)OC(C)=O. The van der Waals surface area contributed by atoms with Crippen LogP contribution in [0.4, 0.5) is 0 Å². The van der Waals surface area contributed by atoms with E-state index in [4.69, 9.17) is 18.9 Å². The first kappa shape index (κ1) is 33.1. The first-order valence-electron chi connectivity index (χ1n) is 13.6. The third kappa shape index (κ3) is 12.1. The number of ketones is 1. The van der Waals surface area contributed by atoms with E-state index < -0.39 is 23.0 Å². The molecule has 0 aliphatic rings. The van der Waals surface area contributed by atoms with Gasteiger partial charge < -0.3 is 18.9 Å². The minimum atomic E-state index is -1.38. The number of carbonyl (C=O) groups is 4. The standard InChI is InChI=1S/C30H46O8/c1-8-10-11-13-26(37-23(4)32)14-12-19-30(22(3)31,28(34)38-29(5,6)7)20-24-15-17-25(18-16-24)36-21-27(33)35-9-2/h15-18,26H,8-14,19-21H2,1-7H3. The summed E-state index contributed by atoms with van der Waals surface area (Å²) in [4.78, 5) is 49.8. The lowest BCUT2D eigenvalue weighted by Gasteiger charge is -2.33. The van der Waals surface area contributed by atoms with Crippen molar-refractivity contribution in [1.82, 2.24) is 0 Å². The van der Waals surface area contributed by atoms with E-state index in [0.717, 1.165) is 31.2 Å². The summed E-state index contributed by atoms with van der Waals surface area (Å²) in [6.45, 7) is 12.0. The van der Waals surface area contributed by atoms with E-state index in [1.165, 1.54) is 13.8 Å². The second-order valence-electron chi connectivity index (χ2n) is 10.7. The van der Waals surface area contributed by atoms with Crippen LogP contribution in [0.2, 0.25) is 0 Å². The molecule has 0 amide bonds. The summed E-state index contributed by atoms with van der Waals surface area (Å²) in [7, 11) is 0. The highest BCUT2D eigenvalue weighted by Gasteiger charge is 2.46. The van der Waals surface area contributed by atoms with Crippen molar-refractivity contribution in [2.24, 2.45) is 5.41 Å². The summed E-state index contributed by atoms with van der Waals surface area (Å²) in [5, 5.41) is 0. The predicted molar refractivity (Wildman–Crippen MR) is 145 cm³/mol. The Morgan fingerprint density at radius 3 is 2.05 bits per heavy atom. The largest absolute Gasteiger partial charge is 0.482 e. The maximum Gasteiger partial charge on any atom is 0.344 e. The highest BCUT2D eigenvalue weighted by atomic mass is 16.6. The summed E-state index contributed by atoms with van der Waals surface area (Å²) >= 11 is 0. The zero-order valence-corrected chi connectivity index (χ0v) is 24.2. The van der Waals surface area contributed by atoms with Gasteiger partial charge in [0.25, 0.3) is 0 Å². The fraction of sp³-hybridized carbons (Fsp3) is 0.667. The molecule has 214 valence electrons. The lowest BCUT2D eigenvalue weighted by molar-refractivity contribution is -0.171. The maximum atomic E-state index is 13.5.